The van der Waals surface area contributed by atoms with Gasteiger partial charge in [0.15, 0.2) is 9.84 Å². The number of rotatable bonds is 4. The van der Waals surface area contributed by atoms with Crippen molar-refractivity contribution in [3.63, 3.8) is 0 Å². The number of para-hydroxylation sites is 1. The molecule has 0 atom stereocenters. The summed E-state index contributed by atoms with van der Waals surface area (Å²) in [6.07, 6.45) is 4.63. The van der Waals surface area contributed by atoms with Crippen LogP contribution in [0.1, 0.15) is 12.7 Å². The number of aromatic nitrogens is 2. The minimum Gasteiger partial charge on any atom is -0.298 e. The van der Waals surface area contributed by atoms with Gasteiger partial charge < -0.3 is 0 Å². The van der Waals surface area contributed by atoms with Crippen molar-refractivity contribution in [1.82, 2.24) is 9.55 Å². The molecule has 0 aliphatic rings. The Morgan fingerprint density at radius 1 is 1.40 bits per heavy atom. The van der Waals surface area contributed by atoms with Crippen molar-refractivity contribution >= 4 is 15.5 Å². The van der Waals surface area contributed by atoms with E-state index in [2.05, 4.69) is 4.98 Å². The molecule has 1 heterocycles. The lowest BCUT2D eigenvalue weighted by molar-refractivity contribution is -0.387. The predicted octanol–water partition coefficient (Wildman–Crippen LogP) is 1.75. The Bertz CT molecular complexity index is 765. The Morgan fingerprint density at radius 2 is 2.10 bits per heavy atom. The molecule has 2 aromatic rings. The molecule has 0 unspecified atom stereocenters. The molecule has 1 aromatic heterocycles. The molecule has 0 aliphatic heterocycles. The lowest BCUT2D eigenvalue weighted by Crippen LogP contribution is -2.08. The van der Waals surface area contributed by atoms with Crippen molar-refractivity contribution in [1.29, 1.82) is 0 Å². The molecule has 0 bridgehead atoms. The second kappa shape index (κ2) is 5.04. The lowest BCUT2D eigenvalue weighted by atomic mass is 10.2. The van der Waals surface area contributed by atoms with Crippen molar-refractivity contribution in [2.75, 3.05) is 6.26 Å². The summed E-state index contributed by atoms with van der Waals surface area (Å²) in [7, 11) is -3.69. The average Bonchev–Trinajstić information content (AvgIpc) is 2.84. The first-order valence-electron chi connectivity index (χ1n) is 5.86. The van der Waals surface area contributed by atoms with Gasteiger partial charge in [0.05, 0.1) is 4.92 Å². The number of aryl methyl sites for hydroxylation is 1. The quantitative estimate of drug-likeness (QED) is 0.632. The largest absolute Gasteiger partial charge is 0.311 e. The second-order valence-corrected chi connectivity index (χ2v) is 6.20. The highest BCUT2D eigenvalue weighted by atomic mass is 32.2. The minimum atomic E-state index is -3.69. The number of hydrogen-bond donors (Lipinski definition) is 0. The fourth-order valence-corrected chi connectivity index (χ4v) is 2.86. The van der Waals surface area contributed by atoms with E-state index in [1.54, 1.807) is 6.20 Å². The van der Waals surface area contributed by atoms with Gasteiger partial charge in [0.2, 0.25) is 0 Å². The van der Waals surface area contributed by atoms with Gasteiger partial charge in [-0.3, -0.25) is 14.7 Å². The van der Waals surface area contributed by atoms with Gasteiger partial charge >= 0.3 is 5.69 Å². The van der Waals surface area contributed by atoms with Crippen LogP contribution in [-0.2, 0) is 16.3 Å². The van der Waals surface area contributed by atoms with E-state index >= 15 is 0 Å². The van der Waals surface area contributed by atoms with E-state index in [0.717, 1.165) is 6.26 Å². The van der Waals surface area contributed by atoms with Gasteiger partial charge in [0.25, 0.3) is 0 Å². The standard InChI is InChI=1S/C12H13N3O4S/c1-3-11-13-7-8-14(11)9-5-4-6-10(20(2,18)19)12(9)15(16)17/h4-8H,3H2,1-2H3. The summed E-state index contributed by atoms with van der Waals surface area (Å²) < 4.78 is 24.9. The molecule has 8 heteroatoms. The number of benzene rings is 1. The van der Waals surface area contributed by atoms with E-state index in [0.29, 0.717) is 12.2 Å². The number of nitrogens with zero attached hydrogens (tertiary/aromatic N) is 3. The zero-order chi connectivity index (χ0) is 14.9. The first-order chi connectivity index (χ1) is 9.36. The van der Waals surface area contributed by atoms with Crippen molar-refractivity contribution in [2.45, 2.75) is 18.2 Å². The zero-order valence-electron chi connectivity index (χ0n) is 11.0. The van der Waals surface area contributed by atoms with E-state index in [-0.39, 0.29) is 10.6 Å². The molecule has 0 aliphatic carbocycles. The van der Waals surface area contributed by atoms with Crippen molar-refractivity contribution < 1.29 is 13.3 Å². The molecule has 0 saturated carbocycles. The summed E-state index contributed by atoms with van der Waals surface area (Å²) in [5, 5.41) is 11.3. The molecule has 0 radical (unpaired) electrons. The van der Waals surface area contributed by atoms with Crippen LogP contribution >= 0.6 is 0 Å². The number of sulfone groups is 1. The molecule has 1 aromatic carbocycles. The van der Waals surface area contributed by atoms with Crippen LogP contribution in [0.3, 0.4) is 0 Å². The molecule has 7 nitrogen and oxygen atoms in total. The molecule has 0 saturated heterocycles. The molecule has 0 amide bonds. The minimum absolute atomic E-state index is 0.201. The lowest BCUT2D eigenvalue weighted by Gasteiger charge is -2.09. The number of nitro groups is 1. The topological polar surface area (TPSA) is 95.1 Å². The smallest absolute Gasteiger partial charge is 0.298 e. The van der Waals surface area contributed by atoms with Crippen LogP contribution < -0.4 is 0 Å². The molecule has 0 spiro atoms. The first-order valence-corrected chi connectivity index (χ1v) is 7.75. The van der Waals surface area contributed by atoms with Gasteiger partial charge in [0, 0.05) is 25.1 Å². The highest BCUT2D eigenvalue weighted by molar-refractivity contribution is 7.90. The molecule has 2 rings (SSSR count). The molecular formula is C12H13N3O4S. The summed E-state index contributed by atoms with van der Waals surface area (Å²) in [5.74, 6) is 0.624. The van der Waals surface area contributed by atoms with Crippen LogP contribution in [0.2, 0.25) is 0 Å². The Labute approximate surface area is 116 Å². The Kier molecular flexibility index (Phi) is 3.58. The Morgan fingerprint density at radius 3 is 2.65 bits per heavy atom. The monoisotopic (exact) mass is 295 g/mol. The van der Waals surface area contributed by atoms with Gasteiger partial charge in [0.1, 0.15) is 16.4 Å². The van der Waals surface area contributed by atoms with Gasteiger partial charge in [-0.2, -0.15) is 0 Å². The van der Waals surface area contributed by atoms with Crippen molar-refractivity contribution in [3.8, 4) is 5.69 Å². The molecule has 0 N–H and O–H groups in total. The second-order valence-electron chi connectivity index (χ2n) is 4.22. The van der Waals surface area contributed by atoms with Gasteiger partial charge in [-0.15, -0.1) is 0 Å². The summed E-state index contributed by atoms with van der Waals surface area (Å²) >= 11 is 0. The van der Waals surface area contributed by atoms with Gasteiger partial charge in [-0.25, -0.2) is 13.4 Å². The molecular weight excluding hydrogens is 282 g/mol. The van der Waals surface area contributed by atoms with Crippen LogP contribution in [0.4, 0.5) is 5.69 Å². The van der Waals surface area contributed by atoms with E-state index in [4.69, 9.17) is 0 Å². The van der Waals surface area contributed by atoms with E-state index in [1.165, 1.54) is 29.0 Å². The van der Waals surface area contributed by atoms with E-state index in [9.17, 15) is 18.5 Å². The van der Waals surface area contributed by atoms with Crippen LogP contribution in [0.25, 0.3) is 5.69 Å². The first kappa shape index (κ1) is 14.2. The summed E-state index contributed by atoms with van der Waals surface area (Å²) in [5.41, 5.74) is -0.227. The zero-order valence-corrected chi connectivity index (χ0v) is 11.8. The molecule has 0 fully saturated rings. The summed E-state index contributed by atoms with van der Waals surface area (Å²) in [4.78, 5) is 14.4. The normalized spacial score (nSPS) is 11.5. The van der Waals surface area contributed by atoms with Crippen LogP contribution in [0, 0.1) is 10.1 Å². The maximum atomic E-state index is 11.7. The van der Waals surface area contributed by atoms with Crippen LogP contribution in [0.15, 0.2) is 35.5 Å². The predicted molar refractivity (Wildman–Crippen MR) is 72.7 cm³/mol. The van der Waals surface area contributed by atoms with Crippen molar-refractivity contribution in [3.05, 3.63) is 46.5 Å². The highest BCUT2D eigenvalue weighted by Crippen LogP contribution is 2.31. The highest BCUT2D eigenvalue weighted by Gasteiger charge is 2.27. The maximum absolute atomic E-state index is 11.7. The van der Waals surface area contributed by atoms with E-state index < -0.39 is 20.4 Å². The summed E-state index contributed by atoms with van der Waals surface area (Å²) in [6.45, 7) is 1.87. The van der Waals surface area contributed by atoms with Crippen LogP contribution in [0.5, 0.6) is 0 Å². The Balaban J connectivity index is 2.82. The number of imidazole rings is 1. The maximum Gasteiger partial charge on any atom is 0.311 e. The van der Waals surface area contributed by atoms with Gasteiger partial charge in [-0.1, -0.05) is 13.0 Å². The fourth-order valence-electron chi connectivity index (χ4n) is 2.00. The summed E-state index contributed by atoms with van der Waals surface area (Å²) in [6, 6.07) is 4.23. The third-order valence-electron chi connectivity index (χ3n) is 2.85. The van der Waals surface area contributed by atoms with Crippen molar-refractivity contribution in [2.24, 2.45) is 0 Å². The van der Waals surface area contributed by atoms with Gasteiger partial charge in [-0.05, 0) is 12.1 Å². The Hall–Kier alpha value is -2.22. The fraction of sp³-hybridized carbons (Fsp3) is 0.250. The third kappa shape index (κ3) is 2.42. The molecule has 20 heavy (non-hydrogen) atoms. The number of nitro benzene ring substituents is 1. The number of hydrogen-bond acceptors (Lipinski definition) is 5. The van der Waals surface area contributed by atoms with Crippen LogP contribution in [-0.4, -0.2) is 29.1 Å². The van der Waals surface area contributed by atoms with E-state index in [1.807, 2.05) is 6.92 Å². The average molecular weight is 295 g/mol. The third-order valence-corrected chi connectivity index (χ3v) is 3.98. The molecule has 106 valence electrons. The SMILES string of the molecule is CCc1nccn1-c1cccc(S(C)(=O)=O)c1[N+](=O)[O-].